The third-order valence-electron chi connectivity index (χ3n) is 3.28. The van der Waals surface area contributed by atoms with Gasteiger partial charge in [0.1, 0.15) is 0 Å². The highest BCUT2D eigenvalue weighted by Crippen LogP contribution is 2.16. The van der Waals surface area contributed by atoms with Crippen LogP contribution in [0.5, 0.6) is 0 Å². The first-order valence-corrected chi connectivity index (χ1v) is 7.83. The van der Waals surface area contributed by atoms with Gasteiger partial charge in [0.15, 0.2) is 0 Å². The first-order valence-electron chi connectivity index (χ1n) is 7.83. The van der Waals surface area contributed by atoms with Gasteiger partial charge in [-0.25, -0.2) is 43.8 Å². The Morgan fingerprint density at radius 2 is 1.32 bits per heavy atom. The number of imide groups is 2. The van der Waals surface area contributed by atoms with Gasteiger partial charge in [0.05, 0.1) is 13.1 Å². The maximum Gasteiger partial charge on any atom is 0.336 e. The number of nitrogens with one attached hydrogen (secondary N) is 2. The van der Waals surface area contributed by atoms with E-state index in [2.05, 4.69) is 20.6 Å². The van der Waals surface area contributed by atoms with Gasteiger partial charge in [-0.3, -0.25) is 0 Å². The molecule has 1 rings (SSSR count). The number of carbonyl (C=O) groups is 3. The zero-order chi connectivity index (χ0) is 18.5. The van der Waals surface area contributed by atoms with Crippen LogP contribution in [0.2, 0.25) is 0 Å². The lowest BCUT2D eigenvalue weighted by molar-refractivity contribution is 0.105. The van der Waals surface area contributed by atoms with Crippen molar-refractivity contribution in [1.29, 1.82) is 0 Å². The van der Waals surface area contributed by atoms with Crippen molar-refractivity contribution in [3.8, 4) is 0 Å². The van der Waals surface area contributed by atoms with Crippen LogP contribution in [0.15, 0.2) is 9.98 Å². The fourth-order valence-corrected chi connectivity index (χ4v) is 2.05. The lowest BCUT2D eigenvalue weighted by Crippen LogP contribution is -2.64. The number of hydrogen-bond acceptors (Lipinski definition) is 7. The van der Waals surface area contributed by atoms with Crippen LogP contribution in [0.4, 0.5) is 14.4 Å². The van der Waals surface area contributed by atoms with Crippen LogP contribution in [0.25, 0.3) is 0 Å². The van der Waals surface area contributed by atoms with Crippen molar-refractivity contribution < 1.29 is 24.0 Å². The summed E-state index contributed by atoms with van der Waals surface area (Å²) >= 11 is 0. The Kier molecular flexibility index (Phi) is 9.20. The molecule has 0 radical (unpaired) electrons. The Morgan fingerprint density at radius 1 is 0.840 bits per heavy atom. The Morgan fingerprint density at radius 3 is 1.88 bits per heavy atom. The summed E-state index contributed by atoms with van der Waals surface area (Å²) in [7, 11) is 0. The quantitative estimate of drug-likeness (QED) is 0.289. The highest BCUT2D eigenvalue weighted by atomic mass is 16.2. The molecular formula is C14H20N6O5. The van der Waals surface area contributed by atoms with Crippen LogP contribution in [0, 0.1) is 0 Å². The van der Waals surface area contributed by atoms with Gasteiger partial charge in [-0.05, 0) is 19.3 Å². The molecule has 6 amide bonds. The maximum atomic E-state index is 11.8. The lowest BCUT2D eigenvalue weighted by atomic mass is 10.3. The predicted octanol–water partition coefficient (Wildman–Crippen LogP) is -0.0149. The summed E-state index contributed by atoms with van der Waals surface area (Å²) in [6.07, 6.45) is 4.19. The van der Waals surface area contributed by atoms with Crippen molar-refractivity contribution in [3.05, 3.63) is 0 Å². The molecule has 0 atom stereocenters. The zero-order valence-corrected chi connectivity index (χ0v) is 13.7. The van der Waals surface area contributed by atoms with Crippen molar-refractivity contribution in [2.45, 2.75) is 19.3 Å². The molecule has 25 heavy (non-hydrogen) atoms. The molecule has 1 saturated heterocycles. The molecule has 0 aliphatic carbocycles. The molecule has 1 aliphatic rings. The number of amides is 6. The fourth-order valence-electron chi connectivity index (χ4n) is 2.05. The monoisotopic (exact) mass is 352 g/mol. The topological polar surface area (TPSA) is 141 Å². The van der Waals surface area contributed by atoms with Crippen molar-refractivity contribution in [2.24, 2.45) is 9.98 Å². The van der Waals surface area contributed by atoms with Gasteiger partial charge in [0.2, 0.25) is 12.2 Å². The summed E-state index contributed by atoms with van der Waals surface area (Å²) in [5, 5.41) is 5.18. The second kappa shape index (κ2) is 11.5. The summed E-state index contributed by atoms with van der Waals surface area (Å²) in [6, 6.07) is -1.14. The van der Waals surface area contributed by atoms with Crippen molar-refractivity contribution in [2.75, 3.05) is 39.3 Å². The van der Waals surface area contributed by atoms with E-state index in [0.29, 0.717) is 38.9 Å². The van der Waals surface area contributed by atoms with Crippen LogP contribution >= 0.6 is 0 Å². The highest BCUT2D eigenvalue weighted by Gasteiger charge is 2.42. The standard InChI is InChI=1S/C14H20N6O5/c21-10-15-4-1-6-17-12(23)18-7-3-9-20-13(24)19(14(20)25)8-2-5-16-11-22/h1-9H2,(H2,17,18,23). The second-order valence-electron chi connectivity index (χ2n) is 5.06. The summed E-state index contributed by atoms with van der Waals surface area (Å²) in [5.74, 6) is 0. The lowest BCUT2D eigenvalue weighted by Gasteiger charge is -2.38. The molecule has 1 heterocycles. The van der Waals surface area contributed by atoms with Gasteiger partial charge < -0.3 is 10.6 Å². The Hall–Kier alpha value is -3.03. The molecule has 0 aromatic carbocycles. The Bertz CT molecular complexity index is 566. The number of nitrogens with zero attached hydrogens (tertiary/aromatic N) is 4. The molecule has 11 heteroatoms. The van der Waals surface area contributed by atoms with Gasteiger partial charge in [-0.1, -0.05) is 0 Å². The summed E-state index contributed by atoms with van der Waals surface area (Å²) in [4.78, 5) is 63.6. The molecular weight excluding hydrogens is 332 g/mol. The van der Waals surface area contributed by atoms with Crippen LogP contribution in [-0.4, -0.2) is 79.3 Å². The van der Waals surface area contributed by atoms with Gasteiger partial charge in [-0.2, -0.15) is 0 Å². The average Bonchev–Trinajstić information content (AvgIpc) is 2.61. The van der Waals surface area contributed by atoms with E-state index >= 15 is 0 Å². The van der Waals surface area contributed by atoms with E-state index in [1.54, 1.807) is 0 Å². The number of rotatable bonds is 12. The van der Waals surface area contributed by atoms with Crippen molar-refractivity contribution in [3.63, 3.8) is 0 Å². The molecule has 0 aromatic rings. The first kappa shape index (κ1) is 20.0. The van der Waals surface area contributed by atoms with Gasteiger partial charge >= 0.3 is 18.1 Å². The number of urea groups is 3. The van der Waals surface area contributed by atoms with Gasteiger partial charge in [-0.15, -0.1) is 0 Å². The highest BCUT2D eigenvalue weighted by molar-refractivity contribution is 6.11. The number of aliphatic imine (C=N–C) groups is 2. The molecule has 0 unspecified atom stereocenters. The van der Waals surface area contributed by atoms with Crippen LogP contribution in [-0.2, 0) is 9.59 Å². The first-order chi connectivity index (χ1) is 12.1. The average molecular weight is 352 g/mol. The molecule has 0 bridgehead atoms. The van der Waals surface area contributed by atoms with Crippen molar-refractivity contribution >= 4 is 30.3 Å². The number of isocyanates is 2. The molecule has 1 aliphatic heterocycles. The van der Waals surface area contributed by atoms with Crippen LogP contribution in [0.1, 0.15) is 19.3 Å². The summed E-state index contributed by atoms with van der Waals surface area (Å²) in [6.45, 7) is 1.65. The minimum absolute atomic E-state index is 0.216. The normalized spacial score (nSPS) is 12.8. The van der Waals surface area contributed by atoms with Crippen LogP contribution < -0.4 is 10.6 Å². The molecule has 136 valence electrons. The Labute approximate surface area is 144 Å². The maximum absolute atomic E-state index is 11.8. The Balaban J connectivity index is 2.09. The van der Waals surface area contributed by atoms with E-state index < -0.39 is 0 Å². The minimum Gasteiger partial charge on any atom is -0.338 e. The predicted molar refractivity (Wildman–Crippen MR) is 85.4 cm³/mol. The van der Waals surface area contributed by atoms with E-state index in [0.717, 1.165) is 9.80 Å². The number of carbonyl (C=O) groups excluding carboxylic acids is 5. The molecule has 0 spiro atoms. The molecule has 0 saturated carbocycles. The molecule has 2 N–H and O–H groups in total. The third-order valence-corrected chi connectivity index (χ3v) is 3.28. The van der Waals surface area contributed by atoms with E-state index in [9.17, 15) is 24.0 Å². The summed E-state index contributed by atoms with van der Waals surface area (Å²) < 4.78 is 0. The van der Waals surface area contributed by atoms with Gasteiger partial charge in [0, 0.05) is 26.2 Å². The number of hydrogen-bond donors (Lipinski definition) is 2. The molecule has 0 aromatic heterocycles. The van der Waals surface area contributed by atoms with Crippen LogP contribution in [0.3, 0.4) is 0 Å². The van der Waals surface area contributed by atoms with E-state index in [1.165, 1.54) is 12.2 Å². The fraction of sp³-hybridized carbons (Fsp3) is 0.643. The molecule has 11 nitrogen and oxygen atoms in total. The van der Waals surface area contributed by atoms with E-state index in [1.807, 2.05) is 0 Å². The molecule has 1 fully saturated rings. The second-order valence-corrected chi connectivity index (χ2v) is 5.06. The van der Waals surface area contributed by atoms with Gasteiger partial charge in [0.25, 0.3) is 0 Å². The third kappa shape index (κ3) is 6.94. The minimum atomic E-state index is -0.389. The smallest absolute Gasteiger partial charge is 0.336 e. The van der Waals surface area contributed by atoms with Crippen molar-refractivity contribution in [1.82, 2.24) is 20.4 Å². The largest absolute Gasteiger partial charge is 0.338 e. The van der Waals surface area contributed by atoms with E-state index in [-0.39, 0.29) is 37.7 Å². The summed E-state index contributed by atoms with van der Waals surface area (Å²) in [5.41, 5.74) is 0. The zero-order valence-electron chi connectivity index (χ0n) is 13.7. The SMILES string of the molecule is O=C=NCCCNC(=O)NCCCN1C(=O)N(CCCN=C=O)C1=O. The van der Waals surface area contributed by atoms with E-state index in [4.69, 9.17) is 0 Å².